The van der Waals surface area contributed by atoms with Crippen LogP contribution < -0.4 is 5.46 Å². The minimum atomic E-state index is -0.619. The molecule has 2 rings (SSSR count). The molecule has 1 aromatic carbocycles. The number of hydrogen-bond donors (Lipinski definition) is 0. The minimum Gasteiger partial charge on any atom is -0.399 e. The van der Waals surface area contributed by atoms with Crippen LogP contribution in [-0.2, 0) is 9.31 Å². The predicted molar refractivity (Wildman–Crippen MR) is 62.1 cm³/mol. The fourth-order valence-electron chi connectivity index (χ4n) is 1.64. The summed E-state index contributed by atoms with van der Waals surface area (Å²) in [5.74, 6) is -0.291. The van der Waals surface area contributed by atoms with Gasteiger partial charge in [0.05, 0.1) is 11.2 Å². The van der Waals surface area contributed by atoms with Crippen LogP contribution in [0.5, 0.6) is 0 Å². The van der Waals surface area contributed by atoms with Crippen molar-refractivity contribution >= 4 is 12.6 Å². The van der Waals surface area contributed by atoms with E-state index in [1.54, 1.807) is 18.2 Å². The molecule has 0 unspecified atom stereocenters. The van der Waals surface area contributed by atoms with E-state index >= 15 is 0 Å². The first-order valence-electron chi connectivity index (χ1n) is 5.43. The quantitative estimate of drug-likeness (QED) is 0.677. The molecule has 0 saturated carbocycles. The Bertz CT molecular complexity index is 388. The van der Waals surface area contributed by atoms with E-state index in [1.165, 1.54) is 6.07 Å². The van der Waals surface area contributed by atoms with Crippen molar-refractivity contribution < 1.29 is 13.7 Å². The van der Waals surface area contributed by atoms with Crippen LogP contribution in [0, 0.1) is 5.82 Å². The van der Waals surface area contributed by atoms with Gasteiger partial charge in [-0.25, -0.2) is 4.39 Å². The lowest BCUT2D eigenvalue weighted by molar-refractivity contribution is 0.00578. The number of benzene rings is 1. The molecule has 0 N–H and O–H groups in total. The molecule has 1 heterocycles. The maximum Gasteiger partial charge on any atom is 0.497 e. The summed E-state index contributed by atoms with van der Waals surface area (Å²) in [5, 5.41) is 0. The Kier molecular flexibility index (Phi) is 2.59. The van der Waals surface area contributed by atoms with Gasteiger partial charge in [0, 0.05) is 5.46 Å². The van der Waals surface area contributed by atoms with Crippen molar-refractivity contribution in [3.63, 3.8) is 0 Å². The van der Waals surface area contributed by atoms with E-state index in [0.29, 0.717) is 5.46 Å². The third kappa shape index (κ3) is 1.76. The summed E-state index contributed by atoms with van der Waals surface area (Å²) in [6.07, 6.45) is 0. The first kappa shape index (κ1) is 11.6. The first-order valence-corrected chi connectivity index (χ1v) is 5.43. The summed E-state index contributed by atoms with van der Waals surface area (Å²) >= 11 is 0. The second-order valence-electron chi connectivity index (χ2n) is 5.11. The first-order chi connectivity index (χ1) is 7.33. The topological polar surface area (TPSA) is 18.5 Å². The van der Waals surface area contributed by atoms with Crippen molar-refractivity contribution in [2.75, 3.05) is 0 Å². The molecule has 1 saturated heterocycles. The van der Waals surface area contributed by atoms with Crippen molar-refractivity contribution in [3.8, 4) is 0 Å². The van der Waals surface area contributed by atoms with Crippen molar-refractivity contribution in [3.05, 3.63) is 30.1 Å². The van der Waals surface area contributed by atoms with Gasteiger partial charge in [0.2, 0.25) is 0 Å². The molecule has 0 aliphatic carbocycles. The fraction of sp³-hybridized carbons (Fsp3) is 0.500. The van der Waals surface area contributed by atoms with Gasteiger partial charge in [-0.05, 0) is 33.8 Å². The zero-order valence-corrected chi connectivity index (χ0v) is 10.1. The zero-order chi connectivity index (χ0) is 12.0. The molecular weight excluding hydrogens is 206 g/mol. The van der Waals surface area contributed by atoms with Gasteiger partial charge < -0.3 is 9.31 Å². The molecule has 0 aromatic heterocycles. The molecule has 1 aliphatic heterocycles. The van der Waals surface area contributed by atoms with Gasteiger partial charge >= 0.3 is 7.12 Å². The highest BCUT2D eigenvalue weighted by molar-refractivity contribution is 6.62. The maximum atomic E-state index is 13.6. The van der Waals surface area contributed by atoms with E-state index in [9.17, 15) is 4.39 Å². The van der Waals surface area contributed by atoms with E-state index < -0.39 is 18.3 Å². The molecular formula is C12H16BFO2. The normalized spacial score (nSPS) is 22.4. The van der Waals surface area contributed by atoms with Crippen LogP contribution in [0.3, 0.4) is 0 Å². The van der Waals surface area contributed by atoms with Crippen LogP contribution in [0.4, 0.5) is 4.39 Å². The highest BCUT2D eigenvalue weighted by Crippen LogP contribution is 2.36. The van der Waals surface area contributed by atoms with Crippen molar-refractivity contribution in [1.29, 1.82) is 0 Å². The van der Waals surface area contributed by atoms with Gasteiger partial charge in [-0.15, -0.1) is 0 Å². The molecule has 1 aromatic rings. The second-order valence-corrected chi connectivity index (χ2v) is 5.11. The van der Waals surface area contributed by atoms with Crippen LogP contribution >= 0.6 is 0 Å². The zero-order valence-electron chi connectivity index (χ0n) is 10.1. The van der Waals surface area contributed by atoms with Crippen molar-refractivity contribution in [2.45, 2.75) is 38.9 Å². The highest BCUT2D eigenvalue weighted by Gasteiger charge is 2.52. The summed E-state index contributed by atoms with van der Waals surface area (Å²) < 4.78 is 25.1. The summed E-state index contributed by atoms with van der Waals surface area (Å²) in [6, 6.07) is 6.55. The van der Waals surface area contributed by atoms with Gasteiger partial charge in [0.1, 0.15) is 5.82 Å². The molecule has 1 aliphatic rings. The third-order valence-corrected chi connectivity index (χ3v) is 3.41. The lowest BCUT2D eigenvalue weighted by Crippen LogP contribution is -2.41. The SMILES string of the molecule is CC1(C)OB(c2ccccc2F)OC1(C)C. The molecule has 86 valence electrons. The van der Waals surface area contributed by atoms with Gasteiger partial charge in [0.15, 0.2) is 0 Å². The smallest absolute Gasteiger partial charge is 0.399 e. The lowest BCUT2D eigenvalue weighted by atomic mass is 9.79. The fourth-order valence-corrected chi connectivity index (χ4v) is 1.64. The number of hydrogen-bond acceptors (Lipinski definition) is 2. The standard InChI is InChI=1S/C12H16BFO2/c1-11(2)12(3,4)16-13(15-11)9-7-5-6-8-10(9)14/h5-8H,1-4H3. The average molecular weight is 222 g/mol. The molecule has 16 heavy (non-hydrogen) atoms. The van der Waals surface area contributed by atoms with Crippen LogP contribution in [0.2, 0.25) is 0 Å². The second kappa shape index (κ2) is 3.57. The Labute approximate surface area is 95.9 Å². The lowest BCUT2D eigenvalue weighted by Gasteiger charge is -2.32. The third-order valence-electron chi connectivity index (χ3n) is 3.41. The Morgan fingerprint density at radius 3 is 2.00 bits per heavy atom. The Balaban J connectivity index is 2.31. The van der Waals surface area contributed by atoms with Crippen LogP contribution in [0.15, 0.2) is 24.3 Å². The van der Waals surface area contributed by atoms with Crippen LogP contribution in [0.1, 0.15) is 27.7 Å². The molecule has 1 fully saturated rings. The van der Waals surface area contributed by atoms with E-state index in [-0.39, 0.29) is 5.82 Å². The van der Waals surface area contributed by atoms with E-state index in [0.717, 1.165) is 0 Å². The molecule has 4 heteroatoms. The summed E-state index contributed by atoms with van der Waals surface area (Å²) in [7, 11) is -0.619. The molecule has 0 atom stereocenters. The summed E-state index contributed by atoms with van der Waals surface area (Å²) in [4.78, 5) is 0. The predicted octanol–water partition coefficient (Wildman–Crippen LogP) is 2.12. The van der Waals surface area contributed by atoms with Gasteiger partial charge in [-0.2, -0.15) is 0 Å². The van der Waals surface area contributed by atoms with E-state index in [2.05, 4.69) is 0 Å². The number of halogens is 1. The maximum absolute atomic E-state index is 13.6. The monoisotopic (exact) mass is 222 g/mol. The van der Waals surface area contributed by atoms with Crippen LogP contribution in [-0.4, -0.2) is 18.3 Å². The molecule has 0 amide bonds. The largest absolute Gasteiger partial charge is 0.497 e. The number of rotatable bonds is 1. The van der Waals surface area contributed by atoms with Crippen molar-refractivity contribution in [1.82, 2.24) is 0 Å². The molecule has 0 radical (unpaired) electrons. The van der Waals surface area contributed by atoms with E-state index in [4.69, 9.17) is 9.31 Å². The van der Waals surface area contributed by atoms with E-state index in [1.807, 2.05) is 27.7 Å². The summed E-state index contributed by atoms with van der Waals surface area (Å²) in [6.45, 7) is 7.81. The van der Waals surface area contributed by atoms with Crippen LogP contribution in [0.25, 0.3) is 0 Å². The highest BCUT2D eigenvalue weighted by atomic mass is 19.1. The molecule has 0 spiro atoms. The molecule has 2 nitrogen and oxygen atoms in total. The summed E-state index contributed by atoms with van der Waals surface area (Å²) in [5.41, 5.74) is -0.402. The Hall–Kier alpha value is -0.865. The molecule has 0 bridgehead atoms. The Morgan fingerprint density at radius 1 is 1.00 bits per heavy atom. The Morgan fingerprint density at radius 2 is 1.50 bits per heavy atom. The average Bonchev–Trinajstić information content (AvgIpc) is 2.36. The minimum absolute atomic E-state index is 0.291. The van der Waals surface area contributed by atoms with Gasteiger partial charge in [-0.1, -0.05) is 18.2 Å². The van der Waals surface area contributed by atoms with Gasteiger partial charge in [0.25, 0.3) is 0 Å². The van der Waals surface area contributed by atoms with Crippen molar-refractivity contribution in [2.24, 2.45) is 0 Å². The van der Waals surface area contributed by atoms with Gasteiger partial charge in [-0.3, -0.25) is 0 Å².